The lowest BCUT2D eigenvalue weighted by atomic mass is 9.92. The summed E-state index contributed by atoms with van der Waals surface area (Å²) < 4.78 is 28.6. The fraction of sp³-hybridized carbons (Fsp3) is 0.375. The van der Waals surface area contributed by atoms with Crippen molar-refractivity contribution in [1.82, 2.24) is 18.8 Å². The van der Waals surface area contributed by atoms with Gasteiger partial charge in [0.25, 0.3) is 5.91 Å². The predicted molar refractivity (Wildman–Crippen MR) is 86.7 cm³/mol. The van der Waals surface area contributed by atoms with E-state index in [1.165, 1.54) is 4.31 Å². The number of hydrogen-bond donors (Lipinski definition) is 0. The van der Waals surface area contributed by atoms with Crippen LogP contribution in [0.15, 0.2) is 47.8 Å². The molecular weight excluding hydrogens is 328 g/mol. The largest absolute Gasteiger partial charge is 0.340 e. The number of rotatable bonds is 3. The van der Waals surface area contributed by atoms with E-state index < -0.39 is 10.0 Å². The molecule has 0 radical (unpaired) electrons. The van der Waals surface area contributed by atoms with Gasteiger partial charge in [0.05, 0.1) is 17.3 Å². The van der Waals surface area contributed by atoms with Gasteiger partial charge in [-0.1, -0.05) is 18.2 Å². The minimum Gasteiger partial charge on any atom is -0.340 e. The Balaban J connectivity index is 1.50. The lowest BCUT2D eigenvalue weighted by molar-refractivity contribution is 0.0322. The molecular formula is C16H18N4O3S. The van der Waals surface area contributed by atoms with Crippen molar-refractivity contribution < 1.29 is 13.2 Å². The molecule has 7 nitrogen and oxygen atoms in total. The number of hydrogen-bond acceptors (Lipinski definition) is 4. The third-order valence-corrected chi connectivity index (χ3v) is 6.62. The molecule has 3 heterocycles. The van der Waals surface area contributed by atoms with E-state index in [2.05, 4.69) is 4.98 Å². The highest BCUT2D eigenvalue weighted by atomic mass is 32.2. The quantitative estimate of drug-likeness (QED) is 0.814. The Morgan fingerprint density at radius 3 is 2.58 bits per heavy atom. The number of benzene rings is 1. The van der Waals surface area contributed by atoms with Crippen molar-refractivity contribution in [2.75, 3.05) is 19.6 Å². The monoisotopic (exact) mass is 346 g/mol. The lowest BCUT2D eigenvalue weighted by Gasteiger charge is -2.43. The zero-order chi connectivity index (χ0) is 16.9. The first kappa shape index (κ1) is 15.3. The SMILES string of the molecule is Cn1cnc(C(=O)N2CC3CN(S(=O)(=O)c4ccccc4)CC32)c1. The van der Waals surface area contributed by atoms with Crippen LogP contribution < -0.4 is 0 Å². The standard InChI is InChI=1S/C16H18N4O3S/c1-18-9-14(17-11-18)16(21)20-8-12-7-19(10-15(12)20)24(22,23)13-5-3-2-4-6-13/h2-6,9,11-12,15H,7-8,10H2,1H3. The van der Waals surface area contributed by atoms with E-state index in [1.807, 2.05) is 7.05 Å². The van der Waals surface area contributed by atoms with Crippen molar-refractivity contribution >= 4 is 15.9 Å². The zero-order valence-corrected chi connectivity index (χ0v) is 14.1. The third-order valence-electron chi connectivity index (χ3n) is 4.77. The smallest absolute Gasteiger partial charge is 0.274 e. The van der Waals surface area contributed by atoms with Crippen LogP contribution in [0.3, 0.4) is 0 Å². The molecule has 2 aliphatic rings. The summed E-state index contributed by atoms with van der Waals surface area (Å²) >= 11 is 0. The second kappa shape index (κ2) is 5.42. The number of imidazole rings is 1. The van der Waals surface area contributed by atoms with Crippen molar-refractivity contribution in [2.45, 2.75) is 10.9 Å². The van der Waals surface area contributed by atoms with Crippen LogP contribution >= 0.6 is 0 Å². The topological polar surface area (TPSA) is 75.5 Å². The number of carbonyl (C=O) groups excluding carboxylic acids is 1. The predicted octanol–water partition coefficient (Wildman–Crippen LogP) is 0.565. The zero-order valence-electron chi connectivity index (χ0n) is 13.2. The normalized spacial score (nSPS) is 23.8. The third kappa shape index (κ3) is 2.33. The first-order valence-corrected chi connectivity index (χ1v) is 9.25. The van der Waals surface area contributed by atoms with Crippen LogP contribution in [0.1, 0.15) is 10.5 Å². The number of aryl methyl sites for hydroxylation is 1. The molecule has 2 aliphatic heterocycles. The highest BCUT2D eigenvalue weighted by Gasteiger charge is 2.51. The molecule has 2 saturated heterocycles. The Kier molecular flexibility index (Phi) is 3.47. The Hall–Kier alpha value is -2.19. The molecule has 0 N–H and O–H groups in total. The number of likely N-dealkylation sites (tertiary alicyclic amines) is 1. The Bertz CT molecular complexity index is 878. The maximum absolute atomic E-state index is 12.7. The van der Waals surface area contributed by atoms with Crippen molar-refractivity contribution in [3.05, 3.63) is 48.5 Å². The van der Waals surface area contributed by atoms with Crippen molar-refractivity contribution in [1.29, 1.82) is 0 Å². The van der Waals surface area contributed by atoms with Gasteiger partial charge >= 0.3 is 0 Å². The van der Waals surface area contributed by atoms with E-state index in [-0.39, 0.29) is 17.9 Å². The fourth-order valence-corrected chi connectivity index (χ4v) is 4.98. The molecule has 2 fully saturated rings. The molecule has 2 unspecified atom stereocenters. The number of amides is 1. The summed E-state index contributed by atoms with van der Waals surface area (Å²) in [5, 5.41) is 0. The van der Waals surface area contributed by atoms with E-state index >= 15 is 0 Å². The van der Waals surface area contributed by atoms with Gasteiger partial charge in [-0.05, 0) is 12.1 Å². The molecule has 0 saturated carbocycles. The number of carbonyl (C=O) groups is 1. The molecule has 0 spiro atoms. The number of nitrogens with zero attached hydrogens (tertiary/aromatic N) is 4. The molecule has 2 atom stereocenters. The van der Waals surface area contributed by atoms with E-state index in [9.17, 15) is 13.2 Å². The van der Waals surface area contributed by atoms with Gasteiger partial charge in [-0.15, -0.1) is 0 Å². The summed E-state index contributed by atoms with van der Waals surface area (Å²) in [5.74, 6) is 0.0759. The molecule has 0 bridgehead atoms. The van der Waals surface area contributed by atoms with Gasteiger partial charge in [-0.3, -0.25) is 4.79 Å². The molecule has 1 amide bonds. The highest BCUT2D eigenvalue weighted by Crippen LogP contribution is 2.35. The minimum absolute atomic E-state index is 0.0574. The molecule has 126 valence electrons. The molecule has 2 aromatic rings. The number of sulfonamides is 1. The summed E-state index contributed by atoms with van der Waals surface area (Å²) in [7, 11) is -1.69. The van der Waals surface area contributed by atoms with E-state index in [4.69, 9.17) is 0 Å². The molecule has 4 rings (SSSR count). The summed E-state index contributed by atoms with van der Waals surface area (Å²) in [6.07, 6.45) is 3.27. The Morgan fingerprint density at radius 1 is 1.17 bits per heavy atom. The van der Waals surface area contributed by atoms with Gasteiger partial charge in [0.2, 0.25) is 10.0 Å². The van der Waals surface area contributed by atoms with E-state index in [0.717, 1.165) is 0 Å². The summed E-state index contributed by atoms with van der Waals surface area (Å²) in [5.41, 5.74) is 0.403. The maximum Gasteiger partial charge on any atom is 0.274 e. The van der Waals surface area contributed by atoms with Crippen LogP contribution in [0.2, 0.25) is 0 Å². The molecule has 8 heteroatoms. The summed E-state index contributed by atoms with van der Waals surface area (Å²) in [6.45, 7) is 1.40. The lowest BCUT2D eigenvalue weighted by Crippen LogP contribution is -2.58. The van der Waals surface area contributed by atoms with Crippen molar-refractivity contribution in [2.24, 2.45) is 13.0 Å². The molecule has 1 aromatic heterocycles. The number of fused-ring (bicyclic) bond motifs is 1. The fourth-order valence-electron chi connectivity index (χ4n) is 3.44. The van der Waals surface area contributed by atoms with E-state index in [1.54, 1.807) is 52.3 Å². The second-order valence-corrected chi connectivity index (χ2v) is 8.28. The molecule has 1 aromatic carbocycles. The maximum atomic E-state index is 12.7. The Labute approximate surface area is 140 Å². The van der Waals surface area contributed by atoms with Crippen LogP contribution in [0.4, 0.5) is 0 Å². The van der Waals surface area contributed by atoms with Gasteiger partial charge in [0.1, 0.15) is 5.69 Å². The first-order valence-electron chi connectivity index (χ1n) is 7.81. The van der Waals surface area contributed by atoms with Gasteiger partial charge in [-0.2, -0.15) is 4.31 Å². The van der Waals surface area contributed by atoms with Gasteiger partial charge in [0.15, 0.2) is 0 Å². The van der Waals surface area contributed by atoms with Crippen LogP contribution in [-0.4, -0.2) is 58.8 Å². The second-order valence-electron chi connectivity index (χ2n) is 6.34. The average Bonchev–Trinajstić information content (AvgIpc) is 3.13. The van der Waals surface area contributed by atoms with Crippen LogP contribution in [0.5, 0.6) is 0 Å². The Morgan fingerprint density at radius 2 is 1.92 bits per heavy atom. The number of aromatic nitrogens is 2. The van der Waals surface area contributed by atoms with Crippen molar-refractivity contribution in [3.8, 4) is 0 Å². The average molecular weight is 346 g/mol. The molecule has 24 heavy (non-hydrogen) atoms. The van der Waals surface area contributed by atoms with Crippen LogP contribution in [0.25, 0.3) is 0 Å². The summed E-state index contributed by atoms with van der Waals surface area (Å²) in [4.78, 5) is 18.6. The van der Waals surface area contributed by atoms with Crippen LogP contribution in [0, 0.1) is 5.92 Å². The van der Waals surface area contributed by atoms with E-state index in [0.29, 0.717) is 30.2 Å². The summed E-state index contributed by atoms with van der Waals surface area (Å²) in [6, 6.07) is 8.37. The van der Waals surface area contributed by atoms with Gasteiger partial charge in [-0.25, -0.2) is 13.4 Å². The minimum atomic E-state index is -3.50. The van der Waals surface area contributed by atoms with Gasteiger partial charge < -0.3 is 9.47 Å². The van der Waals surface area contributed by atoms with Gasteiger partial charge in [0, 0.05) is 38.8 Å². The van der Waals surface area contributed by atoms with Crippen LogP contribution in [-0.2, 0) is 17.1 Å². The first-order chi connectivity index (χ1) is 11.5. The molecule has 0 aliphatic carbocycles. The highest BCUT2D eigenvalue weighted by molar-refractivity contribution is 7.89. The van der Waals surface area contributed by atoms with Crippen molar-refractivity contribution in [3.63, 3.8) is 0 Å².